The quantitative estimate of drug-likeness (QED) is 0.908. The summed E-state index contributed by atoms with van der Waals surface area (Å²) in [6.07, 6.45) is 5.57. The van der Waals surface area contributed by atoms with E-state index in [0.29, 0.717) is 5.92 Å². The van der Waals surface area contributed by atoms with E-state index in [1.165, 1.54) is 19.3 Å². The van der Waals surface area contributed by atoms with Crippen molar-refractivity contribution in [1.29, 1.82) is 0 Å². The van der Waals surface area contributed by atoms with E-state index >= 15 is 0 Å². The lowest BCUT2D eigenvalue weighted by atomic mass is 9.83. The Hall–Kier alpha value is -0.870. The van der Waals surface area contributed by atoms with Crippen LogP contribution in [0, 0.1) is 5.92 Å². The molecule has 1 fully saturated rings. The van der Waals surface area contributed by atoms with Crippen molar-refractivity contribution in [3.05, 3.63) is 24.3 Å². The summed E-state index contributed by atoms with van der Waals surface area (Å²) in [5.41, 5.74) is 6.22. The van der Waals surface area contributed by atoms with Crippen molar-refractivity contribution in [3.63, 3.8) is 0 Å². The minimum Gasteiger partial charge on any atom is -0.497 e. The lowest BCUT2D eigenvalue weighted by Crippen LogP contribution is -2.43. The second-order valence-electron chi connectivity index (χ2n) is 5.65. The van der Waals surface area contributed by atoms with Crippen molar-refractivity contribution in [2.75, 3.05) is 7.11 Å². The average Bonchev–Trinajstić information content (AvgIpc) is 2.49. The van der Waals surface area contributed by atoms with Crippen LogP contribution < -0.4 is 10.5 Å². The SMILES string of the molecule is CCCC1CCC(N)C(S(=O)c2cccc(OC)c2)C1. The van der Waals surface area contributed by atoms with E-state index < -0.39 is 10.8 Å². The van der Waals surface area contributed by atoms with Gasteiger partial charge in [-0.3, -0.25) is 4.21 Å². The number of methoxy groups -OCH3 is 1. The monoisotopic (exact) mass is 295 g/mol. The first-order chi connectivity index (χ1) is 9.65. The zero-order valence-corrected chi connectivity index (χ0v) is 13.2. The molecule has 112 valence electrons. The Balaban J connectivity index is 2.13. The maximum absolute atomic E-state index is 12.8. The third-order valence-corrected chi connectivity index (χ3v) is 6.01. The van der Waals surface area contributed by atoms with Crippen LogP contribution in [-0.4, -0.2) is 22.6 Å². The van der Waals surface area contributed by atoms with E-state index in [2.05, 4.69) is 6.92 Å². The Bertz CT molecular complexity index is 464. The largest absolute Gasteiger partial charge is 0.497 e. The predicted octanol–water partition coefficient (Wildman–Crippen LogP) is 3.10. The molecule has 1 aromatic carbocycles. The highest BCUT2D eigenvalue weighted by atomic mass is 32.2. The minimum absolute atomic E-state index is 0.0511. The zero-order chi connectivity index (χ0) is 14.5. The molecule has 4 atom stereocenters. The maximum Gasteiger partial charge on any atom is 0.120 e. The maximum atomic E-state index is 12.8. The summed E-state index contributed by atoms with van der Waals surface area (Å²) in [5.74, 6) is 1.43. The summed E-state index contributed by atoms with van der Waals surface area (Å²) >= 11 is 0. The van der Waals surface area contributed by atoms with Gasteiger partial charge in [0.15, 0.2) is 0 Å². The lowest BCUT2D eigenvalue weighted by Gasteiger charge is -2.33. The molecule has 1 saturated carbocycles. The lowest BCUT2D eigenvalue weighted by molar-refractivity contribution is 0.313. The molecule has 1 aliphatic rings. The Morgan fingerprint density at radius 1 is 1.40 bits per heavy atom. The number of nitrogens with two attached hydrogens (primary N) is 1. The van der Waals surface area contributed by atoms with Crippen molar-refractivity contribution >= 4 is 10.8 Å². The molecule has 3 nitrogen and oxygen atoms in total. The van der Waals surface area contributed by atoms with Gasteiger partial charge in [0.05, 0.1) is 23.2 Å². The Morgan fingerprint density at radius 3 is 2.90 bits per heavy atom. The molecule has 0 heterocycles. The highest BCUT2D eigenvalue weighted by Gasteiger charge is 2.32. The summed E-state index contributed by atoms with van der Waals surface area (Å²) in [5, 5.41) is 0.0763. The van der Waals surface area contributed by atoms with Crippen LogP contribution in [0.1, 0.15) is 39.0 Å². The Kier molecular flexibility index (Phi) is 5.61. The molecule has 2 N–H and O–H groups in total. The molecule has 4 unspecified atom stereocenters. The van der Waals surface area contributed by atoms with Crippen LogP contribution in [0.25, 0.3) is 0 Å². The van der Waals surface area contributed by atoms with Crippen LogP contribution in [0.5, 0.6) is 5.75 Å². The van der Waals surface area contributed by atoms with Crippen molar-refractivity contribution in [1.82, 2.24) is 0 Å². The molecule has 1 aromatic rings. The van der Waals surface area contributed by atoms with E-state index in [1.54, 1.807) is 7.11 Å². The molecular formula is C16H25NO2S. The molecule has 0 amide bonds. The molecule has 2 rings (SSSR count). The number of hydrogen-bond acceptors (Lipinski definition) is 3. The zero-order valence-electron chi connectivity index (χ0n) is 12.4. The summed E-state index contributed by atoms with van der Waals surface area (Å²) in [4.78, 5) is 0.835. The van der Waals surface area contributed by atoms with Crippen LogP contribution in [-0.2, 0) is 10.8 Å². The van der Waals surface area contributed by atoms with Crippen LogP contribution >= 0.6 is 0 Å². The fourth-order valence-electron chi connectivity index (χ4n) is 3.05. The first kappa shape index (κ1) is 15.5. The first-order valence-corrected chi connectivity index (χ1v) is 8.67. The van der Waals surface area contributed by atoms with E-state index in [4.69, 9.17) is 10.5 Å². The van der Waals surface area contributed by atoms with Crippen LogP contribution in [0.4, 0.5) is 0 Å². The van der Waals surface area contributed by atoms with Gasteiger partial charge in [-0.15, -0.1) is 0 Å². The molecule has 20 heavy (non-hydrogen) atoms. The summed E-state index contributed by atoms with van der Waals surface area (Å²) in [7, 11) is 0.590. The van der Waals surface area contributed by atoms with Gasteiger partial charge in [0.2, 0.25) is 0 Å². The van der Waals surface area contributed by atoms with Crippen molar-refractivity contribution in [2.45, 2.75) is 55.2 Å². The molecule has 0 aliphatic heterocycles. The number of hydrogen-bond donors (Lipinski definition) is 1. The van der Waals surface area contributed by atoms with Crippen molar-refractivity contribution < 1.29 is 8.95 Å². The second kappa shape index (κ2) is 7.23. The van der Waals surface area contributed by atoms with Gasteiger partial charge in [-0.1, -0.05) is 25.8 Å². The molecular weight excluding hydrogens is 270 g/mol. The molecule has 0 spiro atoms. The standard InChI is InChI=1S/C16H25NO2S/c1-3-5-12-8-9-15(17)16(10-12)20(18)14-7-4-6-13(11-14)19-2/h4,6-7,11-12,15-16H,3,5,8-10,17H2,1-2H3. The van der Waals surface area contributed by atoms with Gasteiger partial charge in [0.25, 0.3) is 0 Å². The van der Waals surface area contributed by atoms with Crippen LogP contribution in [0.15, 0.2) is 29.2 Å². The van der Waals surface area contributed by atoms with Gasteiger partial charge in [-0.2, -0.15) is 0 Å². The highest BCUT2D eigenvalue weighted by molar-refractivity contribution is 7.85. The number of rotatable bonds is 5. The average molecular weight is 295 g/mol. The summed E-state index contributed by atoms with van der Waals surface area (Å²) in [6.45, 7) is 2.21. The molecule has 0 aromatic heterocycles. The van der Waals surface area contributed by atoms with E-state index in [1.807, 2.05) is 24.3 Å². The second-order valence-corrected chi connectivity index (χ2v) is 7.32. The summed E-state index contributed by atoms with van der Waals surface area (Å²) in [6, 6.07) is 7.60. The Labute approximate surface area is 124 Å². The number of benzene rings is 1. The summed E-state index contributed by atoms with van der Waals surface area (Å²) < 4.78 is 18.0. The smallest absolute Gasteiger partial charge is 0.120 e. The molecule has 1 aliphatic carbocycles. The topological polar surface area (TPSA) is 52.3 Å². The Morgan fingerprint density at radius 2 is 2.20 bits per heavy atom. The fourth-order valence-corrected chi connectivity index (χ4v) is 4.75. The van der Waals surface area contributed by atoms with Gasteiger partial charge in [0, 0.05) is 10.9 Å². The highest BCUT2D eigenvalue weighted by Crippen LogP contribution is 2.32. The van der Waals surface area contributed by atoms with E-state index in [9.17, 15) is 4.21 Å². The number of ether oxygens (including phenoxy) is 1. The predicted molar refractivity (Wildman–Crippen MR) is 83.4 cm³/mol. The van der Waals surface area contributed by atoms with Gasteiger partial charge in [0.1, 0.15) is 5.75 Å². The molecule has 0 saturated heterocycles. The molecule has 0 bridgehead atoms. The van der Waals surface area contributed by atoms with Gasteiger partial charge < -0.3 is 10.5 Å². The van der Waals surface area contributed by atoms with Gasteiger partial charge in [-0.05, 0) is 43.4 Å². The van der Waals surface area contributed by atoms with E-state index in [0.717, 1.165) is 23.5 Å². The molecule has 0 radical (unpaired) electrons. The van der Waals surface area contributed by atoms with Gasteiger partial charge in [-0.25, -0.2) is 0 Å². The van der Waals surface area contributed by atoms with Gasteiger partial charge >= 0.3 is 0 Å². The third-order valence-electron chi connectivity index (χ3n) is 4.20. The van der Waals surface area contributed by atoms with Crippen molar-refractivity contribution in [2.24, 2.45) is 11.7 Å². The fraction of sp³-hybridized carbons (Fsp3) is 0.625. The first-order valence-electron chi connectivity index (χ1n) is 7.46. The normalized spacial score (nSPS) is 28.1. The van der Waals surface area contributed by atoms with E-state index in [-0.39, 0.29) is 11.3 Å². The third kappa shape index (κ3) is 3.61. The van der Waals surface area contributed by atoms with Crippen LogP contribution in [0.3, 0.4) is 0 Å². The minimum atomic E-state index is -1.04. The van der Waals surface area contributed by atoms with Crippen molar-refractivity contribution in [3.8, 4) is 5.75 Å². The van der Waals surface area contributed by atoms with Crippen LogP contribution in [0.2, 0.25) is 0 Å². The molecule has 4 heteroatoms.